The number of aromatic hydroxyl groups is 1. The van der Waals surface area contributed by atoms with E-state index >= 15 is 0 Å². The maximum atomic E-state index is 10.3. The monoisotopic (exact) mass is 343 g/mol. The molecule has 0 saturated carbocycles. The third kappa shape index (κ3) is 3.04. The summed E-state index contributed by atoms with van der Waals surface area (Å²) in [5.41, 5.74) is 4.00. The summed E-state index contributed by atoms with van der Waals surface area (Å²) in [4.78, 5) is 0.734. The molecule has 0 bridgehead atoms. The van der Waals surface area contributed by atoms with Gasteiger partial charge in [0.05, 0.1) is 11.1 Å². The second kappa shape index (κ2) is 6.60. The van der Waals surface area contributed by atoms with Gasteiger partial charge in [0.1, 0.15) is 5.71 Å². The lowest BCUT2D eigenvalue weighted by atomic mass is 10.0. The highest BCUT2D eigenvalue weighted by Crippen LogP contribution is 2.29. The van der Waals surface area contributed by atoms with Gasteiger partial charge in [-0.15, -0.1) is 16.4 Å². The molecular formula is C17H17N3OS2. The Morgan fingerprint density at radius 3 is 2.61 bits per heavy atom. The van der Waals surface area contributed by atoms with Gasteiger partial charge in [-0.3, -0.25) is 4.57 Å². The topological polar surface area (TPSA) is 49.9 Å². The minimum atomic E-state index is 0.205. The Balaban J connectivity index is 1.97. The van der Waals surface area contributed by atoms with Crippen molar-refractivity contribution in [3.8, 4) is 5.88 Å². The lowest BCUT2D eigenvalue weighted by Crippen LogP contribution is -2.02. The summed E-state index contributed by atoms with van der Waals surface area (Å²) in [5.74, 6) is 0.205. The van der Waals surface area contributed by atoms with Gasteiger partial charge in [0.15, 0.2) is 3.95 Å². The van der Waals surface area contributed by atoms with Crippen molar-refractivity contribution in [2.45, 2.75) is 26.8 Å². The van der Waals surface area contributed by atoms with E-state index in [2.05, 4.69) is 41.4 Å². The highest BCUT2D eigenvalue weighted by atomic mass is 32.1. The molecule has 1 aromatic carbocycles. The molecule has 0 saturated heterocycles. The Hall–Kier alpha value is -2.05. The van der Waals surface area contributed by atoms with Gasteiger partial charge in [0, 0.05) is 17.7 Å². The van der Waals surface area contributed by atoms with Crippen molar-refractivity contribution in [3.05, 3.63) is 49.8 Å². The number of nitrogens with zero attached hydrogens (tertiary/aromatic N) is 3. The Kier molecular flexibility index (Phi) is 4.54. The summed E-state index contributed by atoms with van der Waals surface area (Å²) in [6.07, 6.45) is 4.61. The first-order chi connectivity index (χ1) is 11.1. The molecule has 3 rings (SSSR count). The number of rotatable bonds is 4. The third-order valence-electron chi connectivity index (χ3n) is 3.76. The van der Waals surface area contributed by atoms with Crippen molar-refractivity contribution in [1.29, 1.82) is 0 Å². The van der Waals surface area contributed by atoms with E-state index in [1.807, 2.05) is 13.0 Å². The van der Waals surface area contributed by atoms with Gasteiger partial charge in [-0.1, -0.05) is 31.2 Å². The van der Waals surface area contributed by atoms with Crippen molar-refractivity contribution in [3.63, 3.8) is 0 Å². The van der Waals surface area contributed by atoms with Crippen LogP contribution in [0.25, 0.3) is 6.08 Å². The fourth-order valence-corrected chi connectivity index (χ4v) is 3.81. The van der Waals surface area contributed by atoms with Crippen LogP contribution in [0.2, 0.25) is 0 Å². The molecule has 2 aromatic rings. The summed E-state index contributed by atoms with van der Waals surface area (Å²) >= 11 is 6.67. The van der Waals surface area contributed by atoms with Crippen LogP contribution in [-0.2, 0) is 13.0 Å². The summed E-state index contributed by atoms with van der Waals surface area (Å²) in [6, 6.07) is 8.31. The average Bonchev–Trinajstić information content (AvgIpc) is 3.13. The minimum absolute atomic E-state index is 0.205. The molecule has 0 atom stereocenters. The number of thiazole rings is 1. The van der Waals surface area contributed by atoms with Gasteiger partial charge < -0.3 is 5.11 Å². The standard InChI is InChI=1S/C17H17N3OS2/c1-3-11-5-7-12(8-6-11)15-13(10-18-19-15)9-14-16(21)20(4-2)17(22)23-14/h5-10,21H,3-4H2,1-2H3/b13-9+. The quantitative estimate of drug-likeness (QED) is 0.834. The Morgan fingerprint density at radius 2 is 2.00 bits per heavy atom. The fourth-order valence-electron chi connectivity index (χ4n) is 2.42. The molecule has 1 aliphatic rings. The SMILES string of the molecule is CCc1ccc(C2=NN=C/C2=C\c2sc(=S)n(CC)c2O)cc1. The first-order valence-electron chi connectivity index (χ1n) is 7.49. The molecule has 0 unspecified atom stereocenters. The molecule has 0 amide bonds. The van der Waals surface area contributed by atoms with E-state index in [9.17, 15) is 5.11 Å². The van der Waals surface area contributed by atoms with Crippen molar-refractivity contribution in [2.24, 2.45) is 10.2 Å². The molecule has 1 aromatic heterocycles. The normalized spacial score (nSPS) is 15.4. The van der Waals surface area contributed by atoms with E-state index in [1.165, 1.54) is 16.9 Å². The lowest BCUT2D eigenvalue weighted by Gasteiger charge is -2.04. The number of benzene rings is 1. The van der Waals surface area contributed by atoms with Gasteiger partial charge in [0.25, 0.3) is 0 Å². The molecular weight excluding hydrogens is 326 g/mol. The van der Waals surface area contributed by atoms with Gasteiger partial charge in [0.2, 0.25) is 5.88 Å². The van der Waals surface area contributed by atoms with Crippen molar-refractivity contribution >= 4 is 41.6 Å². The maximum Gasteiger partial charge on any atom is 0.210 e. The smallest absolute Gasteiger partial charge is 0.210 e. The molecule has 0 fully saturated rings. The summed E-state index contributed by atoms with van der Waals surface area (Å²) in [6.45, 7) is 4.74. The van der Waals surface area contributed by atoms with Crippen LogP contribution in [0, 0.1) is 3.95 Å². The molecule has 0 spiro atoms. The third-order valence-corrected chi connectivity index (χ3v) is 5.15. The van der Waals surface area contributed by atoms with Crippen LogP contribution < -0.4 is 0 Å². The van der Waals surface area contributed by atoms with E-state index < -0.39 is 0 Å². The van der Waals surface area contributed by atoms with Crippen molar-refractivity contribution in [1.82, 2.24) is 4.57 Å². The van der Waals surface area contributed by atoms with Gasteiger partial charge in [-0.2, -0.15) is 5.10 Å². The molecule has 0 radical (unpaired) electrons. The van der Waals surface area contributed by atoms with E-state index in [0.717, 1.165) is 28.1 Å². The lowest BCUT2D eigenvalue weighted by molar-refractivity contribution is 0.419. The van der Waals surface area contributed by atoms with E-state index in [-0.39, 0.29) is 5.88 Å². The molecule has 4 nitrogen and oxygen atoms in total. The summed E-state index contributed by atoms with van der Waals surface area (Å²) in [7, 11) is 0. The molecule has 0 aliphatic carbocycles. The van der Waals surface area contributed by atoms with Crippen LogP contribution in [0.1, 0.15) is 29.9 Å². The minimum Gasteiger partial charge on any atom is -0.493 e. The Labute approximate surface area is 144 Å². The molecule has 2 heterocycles. The Morgan fingerprint density at radius 1 is 1.26 bits per heavy atom. The maximum absolute atomic E-state index is 10.3. The zero-order valence-corrected chi connectivity index (χ0v) is 14.6. The zero-order chi connectivity index (χ0) is 16.4. The number of hydrogen-bond donors (Lipinski definition) is 1. The van der Waals surface area contributed by atoms with Gasteiger partial charge in [-0.05, 0) is 37.2 Å². The first kappa shape index (κ1) is 15.8. The van der Waals surface area contributed by atoms with E-state index in [1.54, 1.807) is 10.8 Å². The van der Waals surface area contributed by atoms with Gasteiger partial charge >= 0.3 is 0 Å². The molecule has 1 aliphatic heterocycles. The van der Waals surface area contributed by atoms with E-state index in [0.29, 0.717) is 10.5 Å². The average molecular weight is 343 g/mol. The Bertz CT molecular complexity index is 870. The predicted octanol–water partition coefficient (Wildman–Crippen LogP) is 4.44. The largest absolute Gasteiger partial charge is 0.493 e. The first-order valence-corrected chi connectivity index (χ1v) is 8.71. The molecule has 23 heavy (non-hydrogen) atoms. The zero-order valence-electron chi connectivity index (χ0n) is 13.0. The van der Waals surface area contributed by atoms with E-state index in [4.69, 9.17) is 12.2 Å². The number of aryl methyl sites for hydroxylation is 1. The molecule has 6 heteroatoms. The van der Waals surface area contributed by atoms with Crippen LogP contribution in [-0.4, -0.2) is 21.6 Å². The second-order valence-corrected chi connectivity index (χ2v) is 6.82. The number of allylic oxidation sites excluding steroid dienone is 1. The number of hydrogen-bond acceptors (Lipinski definition) is 5. The molecule has 1 N–H and O–H groups in total. The van der Waals surface area contributed by atoms with Crippen molar-refractivity contribution < 1.29 is 5.11 Å². The van der Waals surface area contributed by atoms with Crippen LogP contribution in [0.4, 0.5) is 0 Å². The van der Waals surface area contributed by atoms with Crippen LogP contribution in [0.15, 0.2) is 40.0 Å². The summed E-state index contributed by atoms with van der Waals surface area (Å²) < 4.78 is 2.38. The highest BCUT2D eigenvalue weighted by Gasteiger charge is 2.16. The fraction of sp³-hybridized carbons (Fsp3) is 0.235. The van der Waals surface area contributed by atoms with Crippen molar-refractivity contribution in [2.75, 3.05) is 0 Å². The highest BCUT2D eigenvalue weighted by molar-refractivity contribution is 7.73. The van der Waals surface area contributed by atoms with Crippen LogP contribution >= 0.6 is 23.6 Å². The van der Waals surface area contributed by atoms with Gasteiger partial charge in [-0.25, -0.2) is 0 Å². The summed E-state index contributed by atoms with van der Waals surface area (Å²) in [5, 5.41) is 18.5. The molecule has 118 valence electrons. The predicted molar refractivity (Wildman–Crippen MR) is 99.3 cm³/mol. The van der Waals surface area contributed by atoms with Crippen LogP contribution in [0.5, 0.6) is 5.88 Å². The van der Waals surface area contributed by atoms with Crippen LogP contribution in [0.3, 0.4) is 0 Å². The number of aromatic nitrogens is 1. The second-order valence-electron chi connectivity index (χ2n) is 5.14.